The van der Waals surface area contributed by atoms with Crippen LogP contribution in [0.2, 0.25) is 0 Å². The molecule has 5 heteroatoms. The topological polar surface area (TPSA) is 60.9 Å². The number of thiazole rings is 1. The Morgan fingerprint density at radius 1 is 1.60 bits per heavy atom. The van der Waals surface area contributed by atoms with Gasteiger partial charge in [0, 0.05) is 29.5 Å². The number of primary amides is 1. The van der Waals surface area contributed by atoms with E-state index in [1.807, 2.05) is 28.3 Å². The van der Waals surface area contributed by atoms with Gasteiger partial charge >= 0.3 is 0 Å². The van der Waals surface area contributed by atoms with Crippen LogP contribution in [-0.2, 0) is 4.79 Å². The van der Waals surface area contributed by atoms with Crippen LogP contribution < -0.4 is 5.73 Å². The van der Waals surface area contributed by atoms with E-state index in [1.165, 1.54) is 17.4 Å². The Morgan fingerprint density at radius 2 is 2.47 bits per heavy atom. The van der Waals surface area contributed by atoms with Gasteiger partial charge in [-0.15, -0.1) is 11.3 Å². The Morgan fingerprint density at radius 3 is 3.13 bits per heavy atom. The van der Waals surface area contributed by atoms with Crippen molar-refractivity contribution in [1.29, 1.82) is 0 Å². The van der Waals surface area contributed by atoms with Gasteiger partial charge in [-0.3, -0.25) is 9.36 Å². The minimum atomic E-state index is -0.457. The maximum absolute atomic E-state index is 10.6. The minimum absolute atomic E-state index is 0.457. The summed E-state index contributed by atoms with van der Waals surface area (Å²) in [4.78, 5) is 14.8. The van der Waals surface area contributed by atoms with E-state index in [2.05, 4.69) is 4.98 Å². The van der Waals surface area contributed by atoms with Crippen molar-refractivity contribution in [3.63, 3.8) is 0 Å². The third kappa shape index (κ3) is 2.13. The number of carbonyl (C=O) groups excluding carboxylic acids is 1. The second kappa shape index (κ2) is 4.10. The van der Waals surface area contributed by atoms with Crippen LogP contribution in [0.4, 0.5) is 0 Å². The number of hydrogen-bond donors (Lipinski definition) is 1. The molecule has 0 bridgehead atoms. The van der Waals surface area contributed by atoms with Crippen molar-refractivity contribution in [2.24, 2.45) is 5.73 Å². The fourth-order valence-corrected chi connectivity index (χ4v) is 1.85. The van der Waals surface area contributed by atoms with Gasteiger partial charge in [-0.05, 0) is 18.2 Å². The Labute approximate surface area is 90.7 Å². The highest BCUT2D eigenvalue weighted by Gasteiger charge is 2.02. The van der Waals surface area contributed by atoms with Crippen LogP contribution in [0.15, 0.2) is 36.0 Å². The van der Waals surface area contributed by atoms with Gasteiger partial charge in [0.2, 0.25) is 5.91 Å². The summed E-state index contributed by atoms with van der Waals surface area (Å²) in [7, 11) is 0. The third-order valence-corrected chi connectivity index (χ3v) is 2.59. The summed E-state index contributed by atoms with van der Waals surface area (Å²) in [6.45, 7) is 0. The van der Waals surface area contributed by atoms with E-state index in [4.69, 9.17) is 5.73 Å². The van der Waals surface area contributed by atoms with E-state index in [0.717, 1.165) is 10.8 Å². The number of aromatic nitrogens is 2. The van der Waals surface area contributed by atoms with Crippen molar-refractivity contribution in [3.8, 4) is 5.13 Å². The lowest BCUT2D eigenvalue weighted by Crippen LogP contribution is -2.05. The highest BCUT2D eigenvalue weighted by Crippen LogP contribution is 2.15. The molecule has 2 aromatic rings. The van der Waals surface area contributed by atoms with Crippen LogP contribution in [0.3, 0.4) is 0 Å². The van der Waals surface area contributed by atoms with Crippen molar-refractivity contribution < 1.29 is 4.79 Å². The van der Waals surface area contributed by atoms with Gasteiger partial charge in [-0.1, -0.05) is 0 Å². The molecule has 2 heterocycles. The standard InChI is InChI=1S/C10H9N3OS/c11-9(14)4-3-8-2-1-6-13(8)10-12-5-7-15-10/h1-7H,(H2,11,14)/b4-3-. The summed E-state index contributed by atoms with van der Waals surface area (Å²) in [5.41, 5.74) is 5.91. The number of amides is 1. The molecule has 0 aliphatic heterocycles. The van der Waals surface area contributed by atoms with Gasteiger partial charge in [0.15, 0.2) is 5.13 Å². The van der Waals surface area contributed by atoms with E-state index in [9.17, 15) is 4.79 Å². The van der Waals surface area contributed by atoms with Gasteiger partial charge in [-0.25, -0.2) is 4.98 Å². The molecule has 0 saturated heterocycles. The minimum Gasteiger partial charge on any atom is -0.366 e. The zero-order valence-corrected chi connectivity index (χ0v) is 8.65. The molecule has 0 fully saturated rings. The first kappa shape index (κ1) is 9.67. The average Bonchev–Trinajstić information content (AvgIpc) is 2.85. The molecule has 0 spiro atoms. The van der Waals surface area contributed by atoms with Gasteiger partial charge in [0.25, 0.3) is 0 Å². The molecule has 0 aliphatic rings. The van der Waals surface area contributed by atoms with Crippen LogP contribution in [0.1, 0.15) is 5.69 Å². The van der Waals surface area contributed by atoms with Gasteiger partial charge in [0.1, 0.15) is 0 Å². The summed E-state index contributed by atoms with van der Waals surface area (Å²) in [5, 5.41) is 2.76. The number of rotatable bonds is 3. The van der Waals surface area contributed by atoms with Crippen molar-refractivity contribution in [2.75, 3.05) is 0 Å². The molecule has 0 unspecified atom stereocenters. The van der Waals surface area contributed by atoms with Crippen LogP contribution in [0.25, 0.3) is 11.2 Å². The normalized spacial score (nSPS) is 10.9. The molecule has 4 nitrogen and oxygen atoms in total. The molecule has 2 rings (SSSR count). The molecule has 15 heavy (non-hydrogen) atoms. The predicted molar refractivity (Wildman–Crippen MR) is 59.7 cm³/mol. The maximum atomic E-state index is 10.6. The smallest absolute Gasteiger partial charge is 0.241 e. The highest BCUT2D eigenvalue weighted by atomic mass is 32.1. The zero-order valence-electron chi connectivity index (χ0n) is 7.83. The molecule has 2 N–H and O–H groups in total. The molecular weight excluding hydrogens is 210 g/mol. The number of nitrogens with two attached hydrogens (primary N) is 1. The van der Waals surface area contributed by atoms with Crippen LogP contribution in [-0.4, -0.2) is 15.5 Å². The molecule has 0 aliphatic carbocycles. The van der Waals surface area contributed by atoms with E-state index in [0.29, 0.717) is 0 Å². The van der Waals surface area contributed by atoms with Crippen LogP contribution in [0, 0.1) is 0 Å². The second-order valence-electron chi connectivity index (χ2n) is 2.85. The largest absolute Gasteiger partial charge is 0.366 e. The zero-order chi connectivity index (χ0) is 10.7. The number of nitrogens with zero attached hydrogens (tertiary/aromatic N) is 2. The molecule has 0 atom stereocenters. The Hall–Kier alpha value is -1.88. The predicted octanol–water partition coefficient (Wildman–Crippen LogP) is 1.43. The summed E-state index contributed by atoms with van der Waals surface area (Å²) < 4.78 is 1.89. The van der Waals surface area contributed by atoms with Gasteiger partial charge in [-0.2, -0.15) is 0 Å². The molecule has 0 aromatic carbocycles. The Bertz CT molecular complexity index is 485. The lowest BCUT2D eigenvalue weighted by atomic mass is 10.3. The van der Waals surface area contributed by atoms with E-state index in [1.54, 1.807) is 12.3 Å². The van der Waals surface area contributed by atoms with Gasteiger partial charge < -0.3 is 5.73 Å². The fraction of sp³-hybridized carbons (Fsp3) is 0. The van der Waals surface area contributed by atoms with Crippen LogP contribution >= 0.6 is 11.3 Å². The molecule has 1 amide bonds. The van der Waals surface area contributed by atoms with Gasteiger partial charge in [0.05, 0.1) is 0 Å². The molecule has 0 saturated carbocycles. The Kier molecular flexibility index (Phi) is 2.64. The summed E-state index contributed by atoms with van der Waals surface area (Å²) >= 11 is 1.53. The quantitative estimate of drug-likeness (QED) is 0.794. The first-order chi connectivity index (χ1) is 7.27. The maximum Gasteiger partial charge on any atom is 0.241 e. The van der Waals surface area contributed by atoms with Crippen molar-refractivity contribution in [3.05, 3.63) is 41.7 Å². The second-order valence-corrected chi connectivity index (χ2v) is 3.73. The lowest BCUT2D eigenvalue weighted by molar-refractivity contribution is -0.113. The van der Waals surface area contributed by atoms with Crippen molar-refractivity contribution in [2.45, 2.75) is 0 Å². The Balaban J connectivity index is 2.34. The fourth-order valence-electron chi connectivity index (χ4n) is 1.21. The lowest BCUT2D eigenvalue weighted by Gasteiger charge is -1.99. The molecule has 76 valence electrons. The first-order valence-corrected chi connectivity index (χ1v) is 5.20. The van der Waals surface area contributed by atoms with E-state index >= 15 is 0 Å². The summed E-state index contributed by atoms with van der Waals surface area (Å²) in [6.07, 6.45) is 6.63. The average molecular weight is 219 g/mol. The first-order valence-electron chi connectivity index (χ1n) is 4.32. The molecule has 2 aromatic heterocycles. The molecule has 0 radical (unpaired) electrons. The van der Waals surface area contributed by atoms with E-state index in [-0.39, 0.29) is 0 Å². The van der Waals surface area contributed by atoms with Crippen molar-refractivity contribution in [1.82, 2.24) is 9.55 Å². The SMILES string of the molecule is NC(=O)/C=C\c1cccn1-c1nccs1. The summed E-state index contributed by atoms with van der Waals surface area (Å²) in [6, 6.07) is 3.78. The van der Waals surface area contributed by atoms with E-state index < -0.39 is 5.91 Å². The van der Waals surface area contributed by atoms with Crippen molar-refractivity contribution >= 4 is 23.3 Å². The number of carbonyl (C=O) groups is 1. The number of hydrogen-bond acceptors (Lipinski definition) is 3. The highest BCUT2D eigenvalue weighted by molar-refractivity contribution is 7.12. The monoisotopic (exact) mass is 219 g/mol. The third-order valence-electron chi connectivity index (χ3n) is 1.82. The molecular formula is C10H9N3OS. The summed E-state index contributed by atoms with van der Waals surface area (Å²) in [5.74, 6) is -0.457. The van der Waals surface area contributed by atoms with Crippen LogP contribution in [0.5, 0.6) is 0 Å².